The van der Waals surface area contributed by atoms with Crippen LogP contribution in [0.4, 0.5) is 10.6 Å². The first-order chi connectivity index (χ1) is 16.0. The Bertz CT molecular complexity index is 1010. The highest BCUT2D eigenvalue weighted by molar-refractivity contribution is 5.93. The van der Waals surface area contributed by atoms with E-state index in [1.54, 1.807) is 12.1 Å². The number of para-hydroxylation sites is 1. The van der Waals surface area contributed by atoms with Crippen LogP contribution in [0.25, 0.3) is 0 Å². The molecule has 3 N–H and O–H groups in total. The molecule has 1 aromatic heterocycles. The molecule has 0 aliphatic carbocycles. The van der Waals surface area contributed by atoms with Crippen LogP contribution in [0.3, 0.4) is 0 Å². The highest BCUT2D eigenvalue weighted by Gasteiger charge is 2.21. The lowest BCUT2D eigenvalue weighted by atomic mass is 10.1. The van der Waals surface area contributed by atoms with E-state index in [0.29, 0.717) is 36.8 Å². The number of nitrogens with zero attached hydrogens (tertiary/aromatic N) is 2. The van der Waals surface area contributed by atoms with Crippen molar-refractivity contribution in [1.29, 1.82) is 0 Å². The number of likely N-dealkylation sites (N-methyl/N-ethyl adjacent to an activating group) is 1. The molecule has 1 atom stereocenters. The Balaban J connectivity index is 1.59. The van der Waals surface area contributed by atoms with Crippen LogP contribution in [-0.4, -0.2) is 55.0 Å². The average molecular weight is 448 g/mol. The van der Waals surface area contributed by atoms with E-state index >= 15 is 0 Å². The Morgan fingerprint density at radius 3 is 2.27 bits per heavy atom. The molecular weight excluding hydrogens is 418 g/mol. The van der Waals surface area contributed by atoms with Gasteiger partial charge in [0.1, 0.15) is 23.4 Å². The molecule has 8 nitrogen and oxygen atoms in total. The first-order valence-electron chi connectivity index (χ1n) is 10.7. The molecule has 2 aromatic carbocycles. The predicted molar refractivity (Wildman–Crippen MR) is 128 cm³/mol. The van der Waals surface area contributed by atoms with Crippen molar-refractivity contribution in [3.8, 4) is 11.5 Å². The third-order valence-corrected chi connectivity index (χ3v) is 4.72. The largest absolute Gasteiger partial charge is 0.456 e. The third-order valence-electron chi connectivity index (χ3n) is 4.72. The summed E-state index contributed by atoms with van der Waals surface area (Å²) in [5, 5.41) is 8.31. The lowest BCUT2D eigenvalue weighted by Crippen LogP contribution is -2.50. The number of carbonyl (C=O) groups excluding carboxylic acids is 2. The van der Waals surface area contributed by atoms with Crippen LogP contribution in [0.15, 0.2) is 79.0 Å². The summed E-state index contributed by atoms with van der Waals surface area (Å²) in [6.45, 7) is 1.20. The van der Waals surface area contributed by atoms with Gasteiger partial charge in [-0.2, -0.15) is 0 Å². The van der Waals surface area contributed by atoms with Crippen molar-refractivity contribution in [1.82, 2.24) is 20.5 Å². The second-order valence-electron chi connectivity index (χ2n) is 7.73. The number of ether oxygens (including phenoxy) is 1. The maximum Gasteiger partial charge on any atom is 0.321 e. The van der Waals surface area contributed by atoms with E-state index in [1.807, 2.05) is 79.7 Å². The Hall–Kier alpha value is -3.91. The number of anilines is 1. The lowest BCUT2D eigenvalue weighted by Gasteiger charge is -2.20. The zero-order valence-electron chi connectivity index (χ0n) is 18.8. The Morgan fingerprint density at radius 1 is 0.939 bits per heavy atom. The molecule has 3 amide bonds. The summed E-state index contributed by atoms with van der Waals surface area (Å²) >= 11 is 0. The van der Waals surface area contributed by atoms with Gasteiger partial charge in [0.25, 0.3) is 0 Å². The van der Waals surface area contributed by atoms with E-state index < -0.39 is 12.1 Å². The fraction of sp³-hybridized carbons (Fsp3) is 0.240. The quantitative estimate of drug-likeness (QED) is 0.443. The summed E-state index contributed by atoms with van der Waals surface area (Å²) in [5.41, 5.74) is 0.950. The minimum absolute atomic E-state index is 0.240. The second-order valence-corrected chi connectivity index (χ2v) is 7.73. The molecule has 8 heteroatoms. The van der Waals surface area contributed by atoms with Crippen LogP contribution in [0.1, 0.15) is 5.56 Å². The molecule has 172 valence electrons. The van der Waals surface area contributed by atoms with Crippen LogP contribution in [-0.2, 0) is 11.2 Å². The Kier molecular flexibility index (Phi) is 8.79. The average Bonchev–Trinajstić information content (AvgIpc) is 2.81. The highest BCUT2D eigenvalue weighted by Crippen LogP contribution is 2.20. The Morgan fingerprint density at radius 2 is 1.64 bits per heavy atom. The van der Waals surface area contributed by atoms with Gasteiger partial charge in [-0.05, 0) is 43.9 Å². The van der Waals surface area contributed by atoms with E-state index in [4.69, 9.17) is 4.74 Å². The van der Waals surface area contributed by atoms with Crippen molar-refractivity contribution >= 4 is 17.8 Å². The SMILES string of the molecule is CN(C)CCNC(=O)[C@H](Cc1ccccc1)NC(=O)Nc1ccc(Oc2ccccc2)cn1. The monoisotopic (exact) mass is 447 g/mol. The van der Waals surface area contributed by atoms with Gasteiger partial charge in [-0.3, -0.25) is 10.1 Å². The van der Waals surface area contributed by atoms with Crippen LogP contribution in [0.5, 0.6) is 11.5 Å². The topological polar surface area (TPSA) is 95.6 Å². The number of benzene rings is 2. The number of hydrogen-bond donors (Lipinski definition) is 3. The first-order valence-corrected chi connectivity index (χ1v) is 10.7. The molecule has 0 bridgehead atoms. The van der Waals surface area contributed by atoms with E-state index in [-0.39, 0.29) is 5.91 Å². The van der Waals surface area contributed by atoms with E-state index in [1.165, 1.54) is 6.20 Å². The molecule has 0 saturated heterocycles. The zero-order valence-corrected chi connectivity index (χ0v) is 18.8. The molecule has 3 rings (SSSR count). The van der Waals surface area contributed by atoms with E-state index in [0.717, 1.165) is 5.56 Å². The van der Waals surface area contributed by atoms with Crippen molar-refractivity contribution < 1.29 is 14.3 Å². The van der Waals surface area contributed by atoms with Gasteiger partial charge in [-0.15, -0.1) is 0 Å². The summed E-state index contributed by atoms with van der Waals surface area (Å²) < 4.78 is 5.71. The van der Waals surface area contributed by atoms with Gasteiger partial charge in [0.2, 0.25) is 5.91 Å². The van der Waals surface area contributed by atoms with Crippen molar-refractivity contribution in [2.45, 2.75) is 12.5 Å². The van der Waals surface area contributed by atoms with Crippen molar-refractivity contribution in [3.63, 3.8) is 0 Å². The van der Waals surface area contributed by atoms with Crippen LogP contribution < -0.4 is 20.7 Å². The molecule has 0 spiro atoms. The predicted octanol–water partition coefficient (Wildman–Crippen LogP) is 3.28. The number of pyridine rings is 1. The number of aromatic nitrogens is 1. The number of rotatable bonds is 10. The number of urea groups is 1. The molecule has 0 fully saturated rings. The number of nitrogens with one attached hydrogen (secondary N) is 3. The molecule has 0 radical (unpaired) electrons. The molecule has 0 saturated carbocycles. The van der Waals surface area contributed by atoms with Gasteiger partial charge in [-0.1, -0.05) is 48.5 Å². The molecular formula is C25H29N5O3. The highest BCUT2D eigenvalue weighted by atomic mass is 16.5. The fourth-order valence-corrected chi connectivity index (χ4v) is 3.03. The molecule has 0 unspecified atom stereocenters. The minimum atomic E-state index is -0.727. The second kappa shape index (κ2) is 12.2. The number of amides is 3. The standard InChI is InChI=1S/C25H29N5O3/c1-30(2)16-15-26-24(31)22(17-19-9-5-3-6-10-19)28-25(32)29-23-14-13-21(18-27-23)33-20-11-7-4-8-12-20/h3-14,18,22H,15-17H2,1-2H3,(H,26,31)(H2,27,28,29,32)/t22-/m0/s1. The molecule has 3 aromatic rings. The third kappa shape index (κ3) is 8.27. The summed E-state index contributed by atoms with van der Waals surface area (Å²) in [6.07, 6.45) is 1.90. The summed E-state index contributed by atoms with van der Waals surface area (Å²) in [5.74, 6) is 1.35. The normalized spacial score (nSPS) is 11.5. The molecule has 1 heterocycles. The maximum absolute atomic E-state index is 12.7. The van der Waals surface area contributed by atoms with Gasteiger partial charge in [0.15, 0.2) is 0 Å². The van der Waals surface area contributed by atoms with Gasteiger partial charge >= 0.3 is 6.03 Å². The number of hydrogen-bond acceptors (Lipinski definition) is 5. The fourth-order valence-electron chi connectivity index (χ4n) is 3.03. The van der Waals surface area contributed by atoms with Gasteiger partial charge < -0.3 is 20.3 Å². The van der Waals surface area contributed by atoms with Crippen molar-refractivity contribution in [2.24, 2.45) is 0 Å². The molecule has 0 aliphatic rings. The minimum Gasteiger partial charge on any atom is -0.456 e. The summed E-state index contributed by atoms with van der Waals surface area (Å²) in [7, 11) is 3.87. The number of carbonyl (C=O) groups is 2. The van der Waals surface area contributed by atoms with Gasteiger partial charge in [-0.25, -0.2) is 9.78 Å². The van der Waals surface area contributed by atoms with Gasteiger partial charge in [0, 0.05) is 19.5 Å². The van der Waals surface area contributed by atoms with Crippen LogP contribution in [0.2, 0.25) is 0 Å². The van der Waals surface area contributed by atoms with Gasteiger partial charge in [0.05, 0.1) is 6.20 Å². The summed E-state index contributed by atoms with van der Waals surface area (Å²) in [4.78, 5) is 31.5. The van der Waals surface area contributed by atoms with E-state index in [9.17, 15) is 9.59 Å². The van der Waals surface area contributed by atoms with Crippen molar-refractivity contribution in [3.05, 3.63) is 84.6 Å². The maximum atomic E-state index is 12.7. The van der Waals surface area contributed by atoms with E-state index in [2.05, 4.69) is 20.9 Å². The van der Waals surface area contributed by atoms with Crippen LogP contribution >= 0.6 is 0 Å². The first kappa shape index (κ1) is 23.7. The van der Waals surface area contributed by atoms with Crippen LogP contribution in [0, 0.1) is 0 Å². The molecule has 33 heavy (non-hydrogen) atoms. The smallest absolute Gasteiger partial charge is 0.321 e. The molecule has 0 aliphatic heterocycles. The van der Waals surface area contributed by atoms with Crippen molar-refractivity contribution in [2.75, 3.05) is 32.5 Å². The Labute approximate surface area is 194 Å². The summed E-state index contributed by atoms with van der Waals surface area (Å²) in [6, 6.07) is 21.0. The lowest BCUT2D eigenvalue weighted by molar-refractivity contribution is -0.122. The zero-order chi connectivity index (χ0) is 23.5.